The number of ketones is 1. The van der Waals surface area contributed by atoms with Gasteiger partial charge >= 0.3 is 0 Å². The molecule has 2 fully saturated rings. The number of rotatable bonds is 5. The highest BCUT2D eigenvalue weighted by atomic mass is 19.1. The Morgan fingerprint density at radius 3 is 2.33 bits per heavy atom. The van der Waals surface area contributed by atoms with Crippen molar-refractivity contribution in [1.82, 2.24) is 4.90 Å². The van der Waals surface area contributed by atoms with Crippen LogP contribution < -0.4 is 0 Å². The number of aromatic hydroxyl groups is 1. The number of carbonyl (C=O) groups excluding carboxylic acids is 1. The molecule has 1 aliphatic carbocycles. The monoisotopic (exact) mass is 369 g/mol. The van der Waals surface area contributed by atoms with Gasteiger partial charge in [0.2, 0.25) is 0 Å². The lowest BCUT2D eigenvalue weighted by Crippen LogP contribution is -2.34. The zero-order chi connectivity index (χ0) is 19.0. The first-order chi connectivity index (χ1) is 12.9. The van der Waals surface area contributed by atoms with Gasteiger partial charge in [-0.3, -0.25) is 9.69 Å². The van der Waals surface area contributed by atoms with Crippen LogP contribution in [0.2, 0.25) is 0 Å². The van der Waals surface area contributed by atoms with Gasteiger partial charge in [-0.2, -0.15) is 0 Å². The molecule has 0 radical (unpaired) electrons. The lowest BCUT2D eigenvalue weighted by molar-refractivity contribution is 0.0347. The maximum absolute atomic E-state index is 13.9. The molecule has 1 aliphatic heterocycles. The molecule has 5 heteroatoms. The molecule has 0 amide bonds. The molecule has 2 aromatic carbocycles. The van der Waals surface area contributed by atoms with Crippen molar-refractivity contribution in [3.63, 3.8) is 0 Å². The number of fused-ring (bicyclic) bond motifs is 1. The van der Waals surface area contributed by atoms with Crippen molar-refractivity contribution in [3.8, 4) is 5.75 Å². The van der Waals surface area contributed by atoms with E-state index >= 15 is 0 Å². The second-order valence-electron chi connectivity index (χ2n) is 8.09. The Morgan fingerprint density at radius 2 is 1.70 bits per heavy atom. The van der Waals surface area contributed by atoms with E-state index in [1.165, 1.54) is 18.2 Å². The first-order valence-electron chi connectivity index (χ1n) is 9.42. The molecule has 4 nitrogen and oxygen atoms in total. The number of nitrogens with zero attached hydrogens (tertiary/aromatic N) is 1. The van der Waals surface area contributed by atoms with E-state index in [4.69, 9.17) is 0 Å². The number of phenols is 1. The summed E-state index contributed by atoms with van der Waals surface area (Å²) in [5.41, 5.74) is 0.310. The number of aliphatic hydroxyl groups is 1. The minimum Gasteiger partial charge on any atom is -0.508 e. The molecule has 0 bridgehead atoms. The van der Waals surface area contributed by atoms with Crippen LogP contribution in [0.25, 0.3) is 0 Å². The molecule has 142 valence electrons. The second kappa shape index (κ2) is 7.06. The van der Waals surface area contributed by atoms with E-state index in [9.17, 15) is 19.4 Å². The third kappa shape index (κ3) is 3.89. The zero-order valence-corrected chi connectivity index (χ0v) is 15.1. The van der Waals surface area contributed by atoms with E-state index in [2.05, 4.69) is 4.90 Å². The van der Waals surface area contributed by atoms with Gasteiger partial charge in [0.15, 0.2) is 5.78 Å². The molecule has 0 spiro atoms. The predicted octanol–water partition coefficient (Wildman–Crippen LogP) is 3.03. The number of benzene rings is 2. The molecule has 2 N–H and O–H groups in total. The predicted molar refractivity (Wildman–Crippen MR) is 100 cm³/mol. The lowest BCUT2D eigenvalue weighted by atomic mass is 9.91. The summed E-state index contributed by atoms with van der Waals surface area (Å²) in [7, 11) is 0. The van der Waals surface area contributed by atoms with Gasteiger partial charge in [0.05, 0.1) is 12.1 Å². The molecule has 0 unspecified atom stereocenters. The van der Waals surface area contributed by atoms with Gasteiger partial charge in [0.1, 0.15) is 11.6 Å². The number of carbonyl (C=O) groups is 1. The molecule has 2 aliphatic rings. The minimum absolute atomic E-state index is 0.0385. The van der Waals surface area contributed by atoms with E-state index in [0.717, 1.165) is 13.1 Å². The normalized spacial score (nSPS) is 27.6. The van der Waals surface area contributed by atoms with Crippen LogP contribution >= 0.6 is 0 Å². The number of phenolic OH excluding ortho intramolecular Hbond substituents is 1. The Morgan fingerprint density at radius 1 is 1.07 bits per heavy atom. The topological polar surface area (TPSA) is 60.8 Å². The van der Waals surface area contributed by atoms with Crippen LogP contribution in [0.1, 0.15) is 28.8 Å². The zero-order valence-electron chi connectivity index (χ0n) is 15.1. The third-order valence-electron chi connectivity index (χ3n) is 5.97. The smallest absolute Gasteiger partial charge is 0.176 e. The maximum atomic E-state index is 13.9. The van der Waals surface area contributed by atoms with E-state index < -0.39 is 5.60 Å². The minimum atomic E-state index is -0.857. The average Bonchev–Trinajstić information content (AvgIpc) is 3.11. The van der Waals surface area contributed by atoms with Crippen LogP contribution in [0.3, 0.4) is 0 Å². The fourth-order valence-electron chi connectivity index (χ4n) is 4.77. The van der Waals surface area contributed by atoms with E-state index in [-0.39, 0.29) is 17.3 Å². The van der Waals surface area contributed by atoms with Crippen LogP contribution in [0.15, 0.2) is 48.5 Å². The van der Waals surface area contributed by atoms with Gasteiger partial charge in [-0.05, 0) is 60.6 Å². The van der Waals surface area contributed by atoms with Crippen molar-refractivity contribution in [2.45, 2.75) is 24.9 Å². The molecule has 1 heterocycles. The first-order valence-corrected chi connectivity index (χ1v) is 9.42. The second-order valence-corrected chi connectivity index (χ2v) is 8.09. The van der Waals surface area contributed by atoms with Crippen LogP contribution in [0, 0.1) is 17.7 Å². The largest absolute Gasteiger partial charge is 0.508 e. The summed E-state index contributed by atoms with van der Waals surface area (Å²) in [6.07, 6.45) is 1.64. The Hall–Kier alpha value is -2.24. The number of hydrogen-bond donors (Lipinski definition) is 2. The van der Waals surface area contributed by atoms with Gasteiger partial charge in [0, 0.05) is 25.1 Å². The van der Waals surface area contributed by atoms with Crippen LogP contribution in [0.5, 0.6) is 5.75 Å². The standard InChI is InChI=1S/C22H24FNO3/c23-20-4-2-1-3-16(20)9-22(27)10-17-12-24(13-18(17)11-22)14-21(26)15-5-7-19(25)8-6-15/h1-8,17-18,25,27H,9-14H2/t17-,18+,22-. The van der Waals surface area contributed by atoms with Crippen LogP contribution in [-0.2, 0) is 6.42 Å². The first kappa shape index (κ1) is 18.1. The van der Waals surface area contributed by atoms with E-state index in [1.54, 1.807) is 30.3 Å². The molecule has 2 aromatic rings. The van der Waals surface area contributed by atoms with Crippen LogP contribution in [0.4, 0.5) is 4.39 Å². The summed E-state index contributed by atoms with van der Waals surface area (Å²) in [6, 6.07) is 13.0. The van der Waals surface area contributed by atoms with Crippen molar-refractivity contribution in [2.24, 2.45) is 11.8 Å². The van der Waals surface area contributed by atoms with Gasteiger partial charge in [-0.15, -0.1) is 0 Å². The van der Waals surface area contributed by atoms with Gasteiger partial charge in [-0.25, -0.2) is 4.39 Å². The van der Waals surface area contributed by atoms with Crippen molar-refractivity contribution < 1.29 is 19.4 Å². The molecule has 4 rings (SSSR count). The van der Waals surface area contributed by atoms with E-state index in [1.807, 2.05) is 0 Å². The van der Waals surface area contributed by atoms with Crippen molar-refractivity contribution in [3.05, 3.63) is 65.5 Å². The summed E-state index contributed by atoms with van der Waals surface area (Å²) in [5.74, 6) is 0.612. The summed E-state index contributed by atoms with van der Waals surface area (Å²) in [5, 5.41) is 20.3. The number of Topliss-reactive ketones (excluding diaryl/α,β-unsaturated/α-hetero) is 1. The summed E-state index contributed by atoms with van der Waals surface area (Å²) < 4.78 is 13.9. The highest BCUT2D eigenvalue weighted by Gasteiger charge is 2.48. The van der Waals surface area contributed by atoms with Crippen molar-refractivity contribution in [1.29, 1.82) is 0 Å². The van der Waals surface area contributed by atoms with Gasteiger partial charge < -0.3 is 10.2 Å². The lowest BCUT2D eigenvalue weighted by Gasteiger charge is -2.26. The Balaban J connectivity index is 1.34. The number of hydrogen-bond acceptors (Lipinski definition) is 4. The maximum Gasteiger partial charge on any atom is 0.176 e. The fourth-order valence-corrected chi connectivity index (χ4v) is 4.77. The van der Waals surface area contributed by atoms with Gasteiger partial charge in [-0.1, -0.05) is 18.2 Å². The summed E-state index contributed by atoms with van der Waals surface area (Å²) in [4.78, 5) is 14.6. The molecule has 1 saturated carbocycles. The fraction of sp³-hybridized carbons (Fsp3) is 0.409. The van der Waals surface area contributed by atoms with Crippen LogP contribution in [-0.4, -0.2) is 46.1 Å². The molecule has 27 heavy (non-hydrogen) atoms. The Bertz CT molecular complexity index is 822. The summed E-state index contributed by atoms with van der Waals surface area (Å²) in [6.45, 7) is 1.92. The van der Waals surface area contributed by atoms with Crippen molar-refractivity contribution >= 4 is 5.78 Å². The number of halogens is 1. The highest BCUT2D eigenvalue weighted by Crippen LogP contribution is 2.45. The van der Waals surface area contributed by atoms with Gasteiger partial charge in [0.25, 0.3) is 0 Å². The Kier molecular flexibility index (Phi) is 4.74. The molecule has 3 atom stereocenters. The third-order valence-corrected chi connectivity index (χ3v) is 5.97. The molecule has 0 aromatic heterocycles. The quantitative estimate of drug-likeness (QED) is 0.796. The SMILES string of the molecule is O=C(CN1C[C@@H]2C[C@@](O)(Cc3ccccc3F)C[C@@H]2C1)c1ccc(O)cc1. The summed E-state index contributed by atoms with van der Waals surface area (Å²) >= 11 is 0. The van der Waals surface area contributed by atoms with E-state index in [0.29, 0.717) is 48.8 Å². The van der Waals surface area contributed by atoms with Crippen molar-refractivity contribution in [2.75, 3.05) is 19.6 Å². The molecule has 1 saturated heterocycles. The molecular formula is C22H24FNO3. The average molecular weight is 369 g/mol. The Labute approximate surface area is 158 Å². The highest BCUT2D eigenvalue weighted by molar-refractivity contribution is 5.97. The molecular weight excluding hydrogens is 345 g/mol. The number of likely N-dealkylation sites (tertiary alicyclic amines) is 1.